The van der Waals surface area contributed by atoms with E-state index in [0.29, 0.717) is 0 Å². The molecule has 2 aromatic rings. The summed E-state index contributed by atoms with van der Waals surface area (Å²) in [6.07, 6.45) is -5.18. The Morgan fingerprint density at radius 2 is 1.89 bits per heavy atom. The highest BCUT2D eigenvalue weighted by atomic mass is 35.5. The van der Waals surface area contributed by atoms with Gasteiger partial charge in [0.1, 0.15) is 11.5 Å². The van der Waals surface area contributed by atoms with Gasteiger partial charge in [-0.1, -0.05) is 11.6 Å². The van der Waals surface area contributed by atoms with E-state index in [1.165, 1.54) is 0 Å². The first-order valence-corrected chi connectivity index (χ1v) is 8.96. The molecule has 0 saturated carbocycles. The summed E-state index contributed by atoms with van der Waals surface area (Å²) in [5, 5.41) is 8.58. The van der Waals surface area contributed by atoms with E-state index < -0.39 is 46.2 Å². The van der Waals surface area contributed by atoms with Gasteiger partial charge in [0.25, 0.3) is 5.56 Å². The maximum Gasteiger partial charge on any atom is 0.432 e. The minimum Gasteiger partial charge on any atom is -0.481 e. The molecule has 1 heterocycles. The van der Waals surface area contributed by atoms with Crippen LogP contribution < -0.4 is 11.2 Å². The molecule has 152 valence electrons. The highest BCUT2D eigenvalue weighted by molar-refractivity contribution is 7.99. The quantitative estimate of drug-likeness (QED) is 0.570. The third-order valence-electron chi connectivity index (χ3n) is 3.78. The van der Waals surface area contributed by atoms with Crippen molar-refractivity contribution in [1.82, 2.24) is 9.13 Å². The molecule has 0 unspecified atom stereocenters. The third kappa shape index (κ3) is 4.25. The fraction of sp³-hybridized carbons (Fsp3) is 0.312. The average molecular weight is 441 g/mol. The number of alkyl halides is 3. The highest BCUT2D eigenvalue weighted by Crippen LogP contribution is 2.32. The summed E-state index contributed by atoms with van der Waals surface area (Å²) in [5.41, 5.74) is -5.48. The van der Waals surface area contributed by atoms with Gasteiger partial charge in [0, 0.05) is 23.3 Å². The first-order valence-electron chi connectivity index (χ1n) is 7.60. The van der Waals surface area contributed by atoms with E-state index >= 15 is 0 Å². The molecule has 6 nitrogen and oxygen atoms in total. The molecule has 0 bridgehead atoms. The minimum atomic E-state index is -4.95. The van der Waals surface area contributed by atoms with Crippen molar-refractivity contribution in [2.45, 2.75) is 24.4 Å². The number of hydrogen-bond donors (Lipinski definition) is 1. The van der Waals surface area contributed by atoms with Crippen molar-refractivity contribution in [2.75, 3.05) is 5.75 Å². The first-order chi connectivity index (χ1) is 12.9. The summed E-state index contributed by atoms with van der Waals surface area (Å²) in [7, 11) is 0.824. The van der Waals surface area contributed by atoms with E-state index in [2.05, 4.69) is 0 Å². The fourth-order valence-electron chi connectivity index (χ4n) is 2.52. The van der Waals surface area contributed by atoms with Crippen molar-refractivity contribution >= 4 is 29.3 Å². The lowest BCUT2D eigenvalue weighted by atomic mass is 10.2. The molecule has 12 heteroatoms. The van der Waals surface area contributed by atoms with Crippen LogP contribution in [0.5, 0.6) is 0 Å². The fourth-order valence-corrected chi connectivity index (χ4v) is 3.72. The van der Waals surface area contributed by atoms with Crippen LogP contribution in [0.15, 0.2) is 26.6 Å². The molecular formula is C16H13ClF4N2O4S. The Bertz CT molecular complexity index is 1030. The Labute approximate surface area is 164 Å². The molecule has 0 aliphatic heterocycles. The number of carbonyl (C=O) groups is 1. The van der Waals surface area contributed by atoms with Crippen molar-refractivity contribution in [3.63, 3.8) is 0 Å². The number of nitrogens with zero attached hydrogens (tertiary/aromatic N) is 2. The number of aromatic nitrogens is 2. The number of carboxylic acids is 1. The van der Waals surface area contributed by atoms with Gasteiger partial charge in [-0.05, 0) is 19.1 Å². The van der Waals surface area contributed by atoms with Crippen LogP contribution in [-0.2, 0) is 18.0 Å². The summed E-state index contributed by atoms with van der Waals surface area (Å²) in [4.78, 5) is 35.6. The predicted octanol–water partition coefficient (Wildman–Crippen LogP) is 3.22. The molecule has 2 rings (SSSR count). The average Bonchev–Trinajstić information content (AvgIpc) is 2.55. The Morgan fingerprint density at radius 1 is 1.29 bits per heavy atom. The van der Waals surface area contributed by atoms with Gasteiger partial charge in [-0.2, -0.15) is 13.2 Å². The number of carboxylic acid groups (broad SMARTS) is 1. The normalized spacial score (nSPS) is 11.7. The van der Waals surface area contributed by atoms with Gasteiger partial charge < -0.3 is 5.11 Å². The van der Waals surface area contributed by atoms with Crippen molar-refractivity contribution in [2.24, 2.45) is 7.05 Å². The second-order valence-electron chi connectivity index (χ2n) is 5.68. The van der Waals surface area contributed by atoms with Gasteiger partial charge in [-0.15, -0.1) is 11.8 Å². The number of hydrogen-bond acceptors (Lipinski definition) is 4. The lowest BCUT2D eigenvalue weighted by Gasteiger charge is -2.17. The minimum absolute atomic E-state index is 0.0685. The Balaban J connectivity index is 2.70. The molecule has 28 heavy (non-hydrogen) atoms. The van der Waals surface area contributed by atoms with Crippen molar-refractivity contribution in [1.29, 1.82) is 0 Å². The van der Waals surface area contributed by atoms with E-state index in [4.69, 9.17) is 16.7 Å². The van der Waals surface area contributed by atoms with Crippen LogP contribution in [0, 0.1) is 12.7 Å². The van der Waals surface area contributed by atoms with Crippen molar-refractivity contribution < 1.29 is 27.5 Å². The van der Waals surface area contributed by atoms with Gasteiger partial charge >= 0.3 is 17.8 Å². The number of aliphatic carboxylic acids is 1. The van der Waals surface area contributed by atoms with Crippen LogP contribution in [0.2, 0.25) is 5.02 Å². The maximum atomic E-state index is 14.4. The standard InChI is InChI=1S/C16H13ClF4N2O4S/c1-7-13(16(19,20)21)22(2)15(27)23(14(7)26)10-6-11(8(17)5-9(10)18)28-4-3-12(24)25/h5-6H,3-4H2,1-2H3,(H,24,25). The van der Waals surface area contributed by atoms with Crippen LogP contribution in [0.4, 0.5) is 17.6 Å². The molecule has 1 aromatic carbocycles. The van der Waals surface area contributed by atoms with E-state index in [-0.39, 0.29) is 31.2 Å². The van der Waals surface area contributed by atoms with Crippen LogP contribution >= 0.6 is 23.4 Å². The summed E-state index contributed by atoms with van der Waals surface area (Å²) in [6, 6.07) is 1.83. The lowest BCUT2D eigenvalue weighted by Crippen LogP contribution is -2.43. The van der Waals surface area contributed by atoms with E-state index in [0.717, 1.165) is 37.9 Å². The number of thioether (sulfide) groups is 1. The topological polar surface area (TPSA) is 81.3 Å². The zero-order valence-corrected chi connectivity index (χ0v) is 16.0. The molecule has 0 atom stereocenters. The van der Waals surface area contributed by atoms with Crippen molar-refractivity contribution in [3.05, 3.63) is 55.1 Å². The number of benzene rings is 1. The molecule has 1 aromatic heterocycles. The lowest BCUT2D eigenvalue weighted by molar-refractivity contribution is -0.144. The van der Waals surface area contributed by atoms with Crippen LogP contribution in [0.3, 0.4) is 0 Å². The molecule has 0 aliphatic carbocycles. The third-order valence-corrected chi connectivity index (χ3v) is 5.26. The Hall–Kier alpha value is -2.27. The summed E-state index contributed by atoms with van der Waals surface area (Å²) < 4.78 is 54.4. The molecule has 1 N–H and O–H groups in total. The largest absolute Gasteiger partial charge is 0.481 e. The molecule has 0 spiro atoms. The highest BCUT2D eigenvalue weighted by Gasteiger charge is 2.38. The van der Waals surface area contributed by atoms with Crippen LogP contribution in [-0.4, -0.2) is 26.0 Å². The monoisotopic (exact) mass is 440 g/mol. The zero-order chi connectivity index (χ0) is 21.4. The summed E-state index contributed by atoms with van der Waals surface area (Å²) in [6.45, 7) is 0.886. The number of halogens is 5. The SMILES string of the molecule is Cc1c(C(F)(F)F)n(C)c(=O)n(-c2cc(SCCC(=O)O)c(Cl)cc2F)c1=O. The Kier molecular flexibility index (Phi) is 6.29. The molecule has 0 saturated heterocycles. The van der Waals surface area contributed by atoms with Gasteiger partial charge in [0.05, 0.1) is 17.1 Å². The molecule has 0 radical (unpaired) electrons. The van der Waals surface area contributed by atoms with E-state index in [1.54, 1.807) is 0 Å². The smallest absolute Gasteiger partial charge is 0.432 e. The first kappa shape index (κ1) is 22.0. The molecule has 0 fully saturated rings. The van der Waals surface area contributed by atoms with Crippen LogP contribution in [0.25, 0.3) is 5.69 Å². The number of rotatable bonds is 5. The second-order valence-corrected chi connectivity index (χ2v) is 7.22. The second kappa shape index (κ2) is 8.00. The van der Waals surface area contributed by atoms with Gasteiger partial charge in [0.15, 0.2) is 0 Å². The van der Waals surface area contributed by atoms with Crippen molar-refractivity contribution in [3.8, 4) is 5.69 Å². The van der Waals surface area contributed by atoms with Gasteiger partial charge in [0.2, 0.25) is 0 Å². The molecule has 0 aliphatic rings. The van der Waals surface area contributed by atoms with Crippen LogP contribution in [0.1, 0.15) is 17.7 Å². The molecular weight excluding hydrogens is 428 g/mol. The Morgan fingerprint density at radius 3 is 2.43 bits per heavy atom. The zero-order valence-electron chi connectivity index (χ0n) is 14.4. The summed E-state index contributed by atoms with van der Waals surface area (Å²) >= 11 is 6.84. The summed E-state index contributed by atoms with van der Waals surface area (Å²) in [5.74, 6) is -2.10. The maximum absolute atomic E-state index is 14.4. The van der Waals surface area contributed by atoms with E-state index in [1.807, 2.05) is 0 Å². The van der Waals surface area contributed by atoms with E-state index in [9.17, 15) is 31.9 Å². The van der Waals surface area contributed by atoms with Gasteiger partial charge in [-0.3, -0.25) is 14.2 Å². The molecule has 0 amide bonds. The van der Waals surface area contributed by atoms with Gasteiger partial charge in [-0.25, -0.2) is 13.8 Å². The predicted molar refractivity (Wildman–Crippen MR) is 95.0 cm³/mol.